The van der Waals surface area contributed by atoms with Crippen molar-refractivity contribution in [2.24, 2.45) is 4.99 Å². The number of allylic oxidation sites excluding steroid dienone is 1. The van der Waals surface area contributed by atoms with Crippen LogP contribution in [0.1, 0.15) is 36.7 Å². The third-order valence-corrected chi connectivity index (χ3v) is 3.63. The summed E-state index contributed by atoms with van der Waals surface area (Å²) in [7, 11) is 0. The first kappa shape index (κ1) is 26.7. The Bertz CT molecular complexity index is 859. The Balaban J connectivity index is 0.00000143. The molecule has 1 N–H and O–H groups in total. The van der Waals surface area contributed by atoms with E-state index < -0.39 is 34.9 Å². The number of carbonyl (C=O) groups is 2. The van der Waals surface area contributed by atoms with Crippen molar-refractivity contribution in [2.45, 2.75) is 26.6 Å². The van der Waals surface area contributed by atoms with Crippen LogP contribution in [0.25, 0.3) is 6.08 Å². The molecule has 0 saturated carbocycles. The molecule has 1 heterocycles. The average molecular weight is 458 g/mol. The number of rotatable bonds is 5. The smallest absolute Gasteiger partial charge is 0.601 e. The number of halogens is 2. The van der Waals surface area contributed by atoms with Gasteiger partial charge in [-0.1, -0.05) is 40.1 Å². The number of Topliss-reactive ketones (excluding diaryl/α,β-unsaturated/α-hetero) is 1. The van der Waals surface area contributed by atoms with Crippen LogP contribution in [0.2, 0.25) is 0 Å². The van der Waals surface area contributed by atoms with E-state index in [0.29, 0.717) is 10.0 Å². The number of cyclic esters (lactones) is 1. The number of ketones is 1. The summed E-state index contributed by atoms with van der Waals surface area (Å²) in [4.78, 5) is 27.2. The summed E-state index contributed by atoms with van der Waals surface area (Å²) >= 11 is 3.16. The van der Waals surface area contributed by atoms with E-state index in [1.54, 1.807) is 25.1 Å². The van der Waals surface area contributed by atoms with E-state index >= 15 is 0 Å². The SMILES string of the molecule is C/C=C/c1cc(Br)cc(F)c1C(=O)[CH-]C1=C(O)OC(C)(C)OC1=O.[CH-]=CN=[CH-].[Li+]. The number of ether oxygens (including phenoxy) is 2. The van der Waals surface area contributed by atoms with Crippen LogP contribution in [0.15, 0.2) is 45.4 Å². The van der Waals surface area contributed by atoms with Crippen molar-refractivity contribution in [1.82, 2.24) is 0 Å². The van der Waals surface area contributed by atoms with Crippen molar-refractivity contribution in [3.05, 3.63) is 70.3 Å². The van der Waals surface area contributed by atoms with Crippen molar-refractivity contribution in [2.75, 3.05) is 0 Å². The third-order valence-electron chi connectivity index (χ3n) is 3.17. The predicted molar refractivity (Wildman–Crippen MR) is 106 cm³/mol. The molecule has 0 bridgehead atoms. The molecule has 0 atom stereocenters. The molecule has 29 heavy (non-hydrogen) atoms. The number of nitrogens with zero attached hydrogens (tertiary/aromatic N) is 1. The van der Waals surface area contributed by atoms with Gasteiger partial charge in [0.1, 0.15) is 5.78 Å². The Kier molecular flexibility index (Phi) is 10.7. The fraction of sp³-hybridized carbons (Fsp3) is 0.200. The summed E-state index contributed by atoms with van der Waals surface area (Å²) in [5, 5.41) is 9.81. The topological polar surface area (TPSA) is 85.2 Å². The van der Waals surface area contributed by atoms with E-state index in [0.717, 1.165) is 18.7 Å². The molecule has 0 amide bonds. The number of aliphatic imine (C=N–C) groups is 1. The minimum atomic E-state index is -1.35. The van der Waals surface area contributed by atoms with Crippen molar-refractivity contribution < 1.29 is 47.4 Å². The Hall–Kier alpha value is -2.27. The van der Waals surface area contributed by atoms with Gasteiger partial charge in [0.2, 0.25) is 11.7 Å². The predicted octanol–water partition coefficient (Wildman–Crippen LogP) is 1.60. The van der Waals surface area contributed by atoms with Gasteiger partial charge in [-0.25, -0.2) is 4.39 Å². The first-order chi connectivity index (χ1) is 13.1. The van der Waals surface area contributed by atoms with Crippen LogP contribution < -0.4 is 18.9 Å². The Morgan fingerprint density at radius 1 is 1.38 bits per heavy atom. The second-order valence-electron chi connectivity index (χ2n) is 5.77. The molecular formula is C20H18BrFLiNO5-2. The molecule has 0 fully saturated rings. The van der Waals surface area contributed by atoms with Crippen LogP contribution in [0.4, 0.5) is 4.39 Å². The van der Waals surface area contributed by atoms with E-state index in [-0.39, 0.29) is 24.4 Å². The van der Waals surface area contributed by atoms with Crippen LogP contribution in [-0.2, 0) is 14.3 Å². The quantitative estimate of drug-likeness (QED) is 0.238. The number of aliphatic hydroxyl groups is 1. The molecule has 0 spiro atoms. The van der Waals surface area contributed by atoms with E-state index in [1.165, 1.54) is 13.8 Å². The van der Waals surface area contributed by atoms with Crippen LogP contribution in [-0.4, -0.2) is 29.4 Å². The van der Waals surface area contributed by atoms with Gasteiger partial charge in [-0.2, -0.15) is 6.72 Å². The monoisotopic (exact) mass is 457 g/mol. The largest absolute Gasteiger partial charge is 1.00 e. The van der Waals surface area contributed by atoms with Gasteiger partial charge < -0.3 is 41.9 Å². The van der Waals surface area contributed by atoms with Crippen LogP contribution in [0.3, 0.4) is 0 Å². The average Bonchev–Trinajstić information content (AvgIpc) is 2.57. The zero-order chi connectivity index (χ0) is 21.5. The zero-order valence-corrected chi connectivity index (χ0v) is 18.0. The standard InChI is InChI=1S/C17H15BrFO5.C3H3N.Li/c1-4-5-9-6-10(18)7-12(19)14(9)13(20)8-11-15(21)23-17(2,3)24-16(11)22;1-3-4-2;/h4-8,21H,1-3H3;1-3H;/q-1;-2;+1/b5-4+;;. The molecule has 0 aliphatic carbocycles. The second kappa shape index (κ2) is 11.7. The van der Waals surface area contributed by atoms with Gasteiger partial charge in [0.05, 0.1) is 5.82 Å². The maximum absolute atomic E-state index is 14.2. The van der Waals surface area contributed by atoms with Crippen LogP contribution >= 0.6 is 15.9 Å². The Labute approximate surface area is 189 Å². The fourth-order valence-corrected chi connectivity index (χ4v) is 2.61. The summed E-state index contributed by atoms with van der Waals surface area (Å²) in [5.74, 6) is -4.57. The second-order valence-corrected chi connectivity index (χ2v) is 6.68. The number of carbonyl (C=O) groups excluding carboxylic acids is 2. The van der Waals surface area contributed by atoms with Crippen molar-refractivity contribution in [1.29, 1.82) is 0 Å². The van der Waals surface area contributed by atoms with E-state index in [4.69, 9.17) is 9.47 Å². The normalized spacial score (nSPS) is 14.6. The van der Waals surface area contributed by atoms with Gasteiger partial charge in [0, 0.05) is 23.9 Å². The first-order valence-electron chi connectivity index (χ1n) is 7.86. The van der Waals surface area contributed by atoms with Crippen LogP contribution in [0.5, 0.6) is 0 Å². The third kappa shape index (κ3) is 7.58. The Morgan fingerprint density at radius 3 is 2.45 bits per heavy atom. The van der Waals surface area contributed by atoms with Gasteiger partial charge >= 0.3 is 18.9 Å². The maximum Gasteiger partial charge on any atom is 1.00 e. The summed E-state index contributed by atoms with van der Waals surface area (Å²) < 4.78 is 24.6. The van der Waals surface area contributed by atoms with Crippen LogP contribution in [0, 0.1) is 18.8 Å². The van der Waals surface area contributed by atoms with Gasteiger partial charge in [-0.05, 0) is 24.6 Å². The fourth-order valence-electron chi connectivity index (χ4n) is 2.16. The molecule has 0 saturated heterocycles. The van der Waals surface area contributed by atoms with E-state index in [2.05, 4.69) is 34.2 Å². The minimum Gasteiger partial charge on any atom is -0.601 e. The van der Waals surface area contributed by atoms with E-state index in [9.17, 15) is 19.1 Å². The van der Waals surface area contributed by atoms with Gasteiger partial charge in [0.25, 0.3) is 5.97 Å². The Morgan fingerprint density at radius 2 is 1.97 bits per heavy atom. The molecule has 150 valence electrons. The summed E-state index contributed by atoms with van der Waals surface area (Å²) in [6, 6.07) is 2.71. The van der Waals surface area contributed by atoms with E-state index in [1.807, 2.05) is 0 Å². The number of esters is 1. The molecule has 2 rings (SSSR count). The molecule has 0 aromatic heterocycles. The molecular weight excluding hydrogens is 440 g/mol. The molecule has 1 aromatic rings. The molecule has 0 radical (unpaired) electrons. The summed E-state index contributed by atoms with van der Waals surface area (Å²) in [6.07, 6.45) is 5.03. The summed E-state index contributed by atoms with van der Waals surface area (Å²) in [6.45, 7) is 13.7. The molecule has 0 unspecified atom stereocenters. The van der Waals surface area contributed by atoms with Gasteiger partial charge in [0.15, 0.2) is 0 Å². The number of benzene rings is 1. The molecule has 1 aliphatic rings. The number of hydrogen-bond acceptors (Lipinski definition) is 6. The molecule has 1 aromatic carbocycles. The van der Waals surface area contributed by atoms with Crippen molar-refractivity contribution in [3.8, 4) is 0 Å². The first-order valence-corrected chi connectivity index (χ1v) is 8.65. The zero-order valence-electron chi connectivity index (χ0n) is 16.4. The summed E-state index contributed by atoms with van der Waals surface area (Å²) in [5.41, 5.74) is -0.363. The molecule has 6 nitrogen and oxygen atoms in total. The van der Waals surface area contributed by atoms with Gasteiger partial charge in [-0.3, -0.25) is 0 Å². The maximum atomic E-state index is 14.2. The molecule has 9 heteroatoms. The number of aliphatic hydroxyl groups excluding tert-OH is 1. The van der Waals surface area contributed by atoms with Gasteiger partial charge in [-0.15, -0.1) is 0 Å². The van der Waals surface area contributed by atoms with Crippen molar-refractivity contribution in [3.63, 3.8) is 0 Å². The minimum absolute atomic E-state index is 0. The molecule has 1 aliphatic heterocycles. The van der Waals surface area contributed by atoms with Crippen molar-refractivity contribution >= 4 is 40.5 Å². The number of hydrogen-bond donors (Lipinski definition) is 1.